The first-order chi connectivity index (χ1) is 14.0. The zero-order valence-corrected chi connectivity index (χ0v) is 17.9. The van der Waals surface area contributed by atoms with Crippen molar-refractivity contribution in [1.82, 2.24) is 9.88 Å². The molecule has 29 heavy (non-hydrogen) atoms. The quantitative estimate of drug-likeness (QED) is 0.516. The number of carbonyl (C=O) groups excluding carboxylic acids is 2. The van der Waals surface area contributed by atoms with E-state index in [0.717, 1.165) is 5.56 Å². The fourth-order valence-corrected chi connectivity index (χ4v) is 4.23. The number of halogens is 1. The van der Waals surface area contributed by atoms with E-state index in [1.54, 1.807) is 22.4 Å². The first-order valence-corrected chi connectivity index (χ1v) is 11.1. The number of aliphatic hydroxyl groups is 1. The van der Waals surface area contributed by atoms with Crippen LogP contribution in [0.3, 0.4) is 0 Å². The molecule has 0 aliphatic carbocycles. The summed E-state index contributed by atoms with van der Waals surface area (Å²) in [4.78, 5) is 31.6. The van der Waals surface area contributed by atoms with Crippen molar-refractivity contribution >= 4 is 51.2 Å². The molecule has 0 atom stereocenters. The van der Waals surface area contributed by atoms with Gasteiger partial charge in [-0.05, 0) is 35.6 Å². The first-order valence-electron chi connectivity index (χ1n) is 8.97. The Bertz CT molecular complexity index is 960. The molecule has 152 valence electrons. The molecular formula is C20H20ClN3O3S2. The molecule has 0 aliphatic heterocycles. The van der Waals surface area contributed by atoms with Crippen LogP contribution in [0.15, 0.2) is 47.2 Å². The number of carbonyl (C=O) groups is 2. The monoisotopic (exact) mass is 449 g/mol. The lowest BCUT2D eigenvalue weighted by Crippen LogP contribution is -2.33. The van der Waals surface area contributed by atoms with E-state index in [9.17, 15) is 9.59 Å². The average Bonchev–Trinajstić information content (AvgIpc) is 3.37. The maximum Gasteiger partial charge on any atom is 0.267 e. The molecule has 0 saturated carbocycles. The second kappa shape index (κ2) is 10.5. The van der Waals surface area contributed by atoms with Crippen molar-refractivity contribution in [3.8, 4) is 0 Å². The Labute approximate surface area is 181 Å². The first kappa shape index (κ1) is 21.4. The van der Waals surface area contributed by atoms with Crippen LogP contribution in [0.1, 0.15) is 27.3 Å². The van der Waals surface area contributed by atoms with Crippen molar-refractivity contribution in [2.24, 2.45) is 0 Å². The zero-order valence-electron chi connectivity index (χ0n) is 15.5. The maximum absolute atomic E-state index is 12.8. The highest BCUT2D eigenvalue weighted by atomic mass is 35.5. The van der Waals surface area contributed by atoms with Crippen LogP contribution >= 0.6 is 34.3 Å². The van der Waals surface area contributed by atoms with Gasteiger partial charge in [0, 0.05) is 30.1 Å². The maximum atomic E-state index is 12.8. The lowest BCUT2D eigenvalue weighted by molar-refractivity contribution is -0.131. The number of nitrogens with zero attached hydrogens (tertiary/aromatic N) is 2. The molecule has 1 aromatic carbocycles. The number of thiophene rings is 1. The molecule has 3 rings (SSSR count). The lowest BCUT2D eigenvalue weighted by atomic mass is 10.2. The van der Waals surface area contributed by atoms with Crippen molar-refractivity contribution in [2.75, 3.05) is 18.5 Å². The summed E-state index contributed by atoms with van der Waals surface area (Å²) in [6.45, 7) is 0.856. The highest BCUT2D eigenvalue weighted by Crippen LogP contribution is 2.19. The van der Waals surface area contributed by atoms with Crippen molar-refractivity contribution in [1.29, 1.82) is 0 Å². The number of thiazole rings is 1. The average molecular weight is 450 g/mol. The Morgan fingerprint density at radius 3 is 2.79 bits per heavy atom. The van der Waals surface area contributed by atoms with Gasteiger partial charge in [0.2, 0.25) is 5.91 Å². The van der Waals surface area contributed by atoms with Gasteiger partial charge in [-0.3, -0.25) is 14.9 Å². The minimum Gasteiger partial charge on any atom is -0.396 e. The fraction of sp³-hybridized carbons (Fsp3) is 0.250. The molecule has 6 nitrogen and oxygen atoms in total. The molecule has 2 heterocycles. The number of aliphatic hydroxyl groups excluding tert-OH is 1. The Balaban J connectivity index is 1.63. The molecule has 0 spiro atoms. The van der Waals surface area contributed by atoms with Crippen LogP contribution in [0.2, 0.25) is 5.02 Å². The summed E-state index contributed by atoms with van der Waals surface area (Å²) in [5.74, 6) is -0.308. The minimum absolute atomic E-state index is 0.00886. The third kappa shape index (κ3) is 6.37. The van der Waals surface area contributed by atoms with E-state index in [4.69, 9.17) is 16.7 Å². The fourth-order valence-electron chi connectivity index (χ4n) is 2.69. The summed E-state index contributed by atoms with van der Waals surface area (Å²) >= 11 is 8.68. The van der Waals surface area contributed by atoms with Crippen LogP contribution in [0.5, 0.6) is 0 Å². The number of benzene rings is 1. The molecule has 0 unspecified atom stereocenters. The highest BCUT2D eigenvalue weighted by Gasteiger charge is 2.17. The largest absolute Gasteiger partial charge is 0.396 e. The van der Waals surface area contributed by atoms with Crippen molar-refractivity contribution in [3.05, 3.63) is 68.3 Å². The molecule has 2 N–H and O–H groups in total. The van der Waals surface area contributed by atoms with Crippen molar-refractivity contribution in [3.63, 3.8) is 0 Å². The van der Waals surface area contributed by atoms with Gasteiger partial charge in [0.25, 0.3) is 5.91 Å². The van der Waals surface area contributed by atoms with Crippen LogP contribution in [-0.4, -0.2) is 40.0 Å². The van der Waals surface area contributed by atoms with Gasteiger partial charge in [0.05, 0.1) is 17.0 Å². The third-order valence-electron chi connectivity index (χ3n) is 4.05. The molecule has 0 bridgehead atoms. The predicted molar refractivity (Wildman–Crippen MR) is 117 cm³/mol. The smallest absolute Gasteiger partial charge is 0.267 e. The third-order valence-corrected chi connectivity index (χ3v) is 5.96. The second-order valence-corrected chi connectivity index (χ2v) is 8.52. The number of hydrogen-bond acceptors (Lipinski definition) is 6. The normalized spacial score (nSPS) is 10.7. The summed E-state index contributed by atoms with van der Waals surface area (Å²) in [6, 6.07) is 10.9. The summed E-state index contributed by atoms with van der Waals surface area (Å²) in [6.07, 6.45) is 0.614. The molecule has 0 radical (unpaired) electrons. The van der Waals surface area contributed by atoms with E-state index < -0.39 is 0 Å². The van der Waals surface area contributed by atoms with E-state index in [1.165, 1.54) is 22.7 Å². The van der Waals surface area contributed by atoms with Crippen LogP contribution in [-0.2, 0) is 17.8 Å². The molecule has 3 aromatic rings. The number of nitrogens with one attached hydrogen (secondary N) is 1. The molecule has 2 aromatic heterocycles. The van der Waals surface area contributed by atoms with E-state index >= 15 is 0 Å². The van der Waals surface area contributed by atoms with Gasteiger partial charge in [-0.2, -0.15) is 0 Å². The van der Waals surface area contributed by atoms with Gasteiger partial charge in [-0.25, -0.2) is 4.98 Å². The predicted octanol–water partition coefficient (Wildman–Crippen LogP) is 4.06. The van der Waals surface area contributed by atoms with Gasteiger partial charge >= 0.3 is 0 Å². The summed E-state index contributed by atoms with van der Waals surface area (Å²) in [5.41, 5.74) is 1.52. The zero-order chi connectivity index (χ0) is 20.6. The number of hydrogen-bond donors (Lipinski definition) is 2. The molecule has 2 amide bonds. The van der Waals surface area contributed by atoms with E-state index in [0.29, 0.717) is 40.2 Å². The van der Waals surface area contributed by atoms with Crippen LogP contribution in [0.25, 0.3) is 0 Å². The van der Waals surface area contributed by atoms with E-state index in [2.05, 4.69) is 10.3 Å². The van der Waals surface area contributed by atoms with Gasteiger partial charge in [-0.15, -0.1) is 22.7 Å². The van der Waals surface area contributed by atoms with Crippen LogP contribution in [0, 0.1) is 0 Å². The van der Waals surface area contributed by atoms with E-state index in [-0.39, 0.29) is 24.8 Å². The molecule has 0 saturated heterocycles. The SMILES string of the molecule is O=C(Nc1nc(CC(=O)N(CCCO)Cc2cccc(Cl)c2)cs1)c1cccs1. The van der Waals surface area contributed by atoms with Crippen LogP contribution < -0.4 is 5.32 Å². The lowest BCUT2D eigenvalue weighted by Gasteiger charge is -2.22. The number of anilines is 1. The molecule has 0 fully saturated rings. The molecule has 9 heteroatoms. The minimum atomic E-state index is -0.210. The summed E-state index contributed by atoms with van der Waals surface area (Å²) in [5, 5.41) is 16.6. The van der Waals surface area contributed by atoms with Crippen molar-refractivity contribution in [2.45, 2.75) is 19.4 Å². The van der Waals surface area contributed by atoms with Gasteiger partial charge in [-0.1, -0.05) is 29.8 Å². The Morgan fingerprint density at radius 2 is 2.07 bits per heavy atom. The topological polar surface area (TPSA) is 82.5 Å². The van der Waals surface area contributed by atoms with Gasteiger partial charge < -0.3 is 10.0 Å². The van der Waals surface area contributed by atoms with Crippen molar-refractivity contribution < 1.29 is 14.7 Å². The summed E-state index contributed by atoms with van der Waals surface area (Å²) < 4.78 is 0. The van der Waals surface area contributed by atoms with Gasteiger partial charge in [0.1, 0.15) is 0 Å². The molecular weight excluding hydrogens is 430 g/mol. The summed E-state index contributed by atoms with van der Waals surface area (Å²) in [7, 11) is 0. The highest BCUT2D eigenvalue weighted by molar-refractivity contribution is 7.14. The number of amides is 2. The van der Waals surface area contributed by atoms with Gasteiger partial charge in [0.15, 0.2) is 5.13 Å². The number of rotatable bonds is 9. The Hall–Kier alpha value is -2.26. The number of aromatic nitrogens is 1. The Kier molecular flexibility index (Phi) is 7.76. The Morgan fingerprint density at radius 1 is 1.21 bits per heavy atom. The van der Waals surface area contributed by atoms with Crippen LogP contribution in [0.4, 0.5) is 5.13 Å². The second-order valence-electron chi connectivity index (χ2n) is 6.27. The van der Waals surface area contributed by atoms with E-state index in [1.807, 2.05) is 29.6 Å². The standard InChI is InChI=1S/C20H20ClN3O3S2/c21-15-5-1-4-14(10-15)12-24(7-3-8-25)18(26)11-16-13-29-20(22-16)23-19(27)17-6-2-9-28-17/h1-2,4-6,9-10,13,25H,3,7-8,11-12H2,(H,22,23,27). The molecule has 0 aliphatic rings.